The van der Waals surface area contributed by atoms with E-state index in [1.807, 2.05) is 50.4 Å². The van der Waals surface area contributed by atoms with Crippen molar-refractivity contribution in [3.05, 3.63) is 87.3 Å². The largest absolute Gasteiger partial charge is 0.457 e. The van der Waals surface area contributed by atoms with Crippen LogP contribution >= 0.6 is 11.3 Å². The van der Waals surface area contributed by atoms with Crippen LogP contribution in [0.15, 0.2) is 66.0 Å². The van der Waals surface area contributed by atoms with Gasteiger partial charge in [-0.25, -0.2) is 0 Å². The Kier molecular flexibility index (Phi) is 6.13. The third-order valence-electron chi connectivity index (χ3n) is 4.53. The van der Waals surface area contributed by atoms with Gasteiger partial charge in [0.2, 0.25) is 0 Å². The Morgan fingerprint density at radius 3 is 2.41 bits per heavy atom. The molecule has 5 nitrogen and oxygen atoms in total. The van der Waals surface area contributed by atoms with Crippen LogP contribution in [-0.2, 0) is 16.0 Å². The van der Waals surface area contributed by atoms with E-state index < -0.39 is 11.0 Å². The Morgan fingerprint density at radius 1 is 1.10 bits per heavy atom. The summed E-state index contributed by atoms with van der Waals surface area (Å²) in [6.07, 6.45) is -0.345. The first kappa shape index (κ1) is 20.7. The quantitative estimate of drug-likeness (QED) is 0.276. The molecule has 29 heavy (non-hydrogen) atoms. The maximum Gasteiger partial charge on any atom is 0.310 e. The fourth-order valence-electron chi connectivity index (χ4n) is 3.12. The average molecular weight is 410 g/mol. The van der Waals surface area contributed by atoms with Crippen molar-refractivity contribution in [2.24, 2.45) is 5.41 Å². The molecule has 1 aromatic heterocycles. The van der Waals surface area contributed by atoms with Crippen LogP contribution in [0, 0.1) is 15.5 Å². The van der Waals surface area contributed by atoms with Crippen molar-refractivity contribution in [1.82, 2.24) is 0 Å². The predicted molar refractivity (Wildman–Crippen MR) is 115 cm³/mol. The number of esters is 1. The van der Waals surface area contributed by atoms with Gasteiger partial charge in [0.15, 0.2) is 0 Å². The molecule has 0 bridgehead atoms. The van der Waals surface area contributed by atoms with Crippen LogP contribution in [-0.4, -0.2) is 10.9 Å². The number of hydrogen-bond acceptors (Lipinski definition) is 5. The number of carbonyl (C=O) groups is 1. The van der Waals surface area contributed by atoms with Gasteiger partial charge in [0.25, 0.3) is 5.69 Å². The molecule has 0 radical (unpaired) electrons. The summed E-state index contributed by atoms with van der Waals surface area (Å²) in [5.41, 5.74) is 2.43. The third-order valence-corrected chi connectivity index (χ3v) is 5.45. The van der Waals surface area contributed by atoms with Crippen molar-refractivity contribution in [1.29, 1.82) is 0 Å². The van der Waals surface area contributed by atoms with E-state index in [1.165, 1.54) is 12.1 Å². The summed E-state index contributed by atoms with van der Waals surface area (Å²) in [4.78, 5) is 24.1. The molecule has 150 valence electrons. The minimum absolute atomic E-state index is 0.0000717. The lowest BCUT2D eigenvalue weighted by atomic mass is 9.84. The van der Waals surface area contributed by atoms with Gasteiger partial charge < -0.3 is 4.74 Å². The van der Waals surface area contributed by atoms with Gasteiger partial charge in [-0.15, -0.1) is 11.3 Å². The number of nitrogens with zero attached hydrogens (tertiary/aromatic N) is 1. The summed E-state index contributed by atoms with van der Waals surface area (Å²) in [7, 11) is 0. The molecule has 2 aromatic carbocycles. The highest BCUT2D eigenvalue weighted by molar-refractivity contribution is 7.13. The molecule has 0 spiro atoms. The Bertz CT molecular complexity index is 988. The lowest BCUT2D eigenvalue weighted by Gasteiger charge is -2.31. The van der Waals surface area contributed by atoms with E-state index in [9.17, 15) is 14.9 Å². The minimum atomic E-state index is -0.460. The zero-order chi connectivity index (χ0) is 21.0. The molecular weight excluding hydrogens is 386 g/mol. The van der Waals surface area contributed by atoms with E-state index in [1.54, 1.807) is 23.5 Å². The van der Waals surface area contributed by atoms with E-state index in [0.29, 0.717) is 5.56 Å². The second-order valence-electron chi connectivity index (χ2n) is 7.94. The molecule has 6 heteroatoms. The number of nitro groups is 1. The van der Waals surface area contributed by atoms with E-state index in [2.05, 4.69) is 12.1 Å². The van der Waals surface area contributed by atoms with Crippen molar-refractivity contribution in [2.75, 3.05) is 0 Å². The SMILES string of the molecule is CC(C)(C)[C@H](OC(=O)Cc1ccc([N+](=O)[O-])cc1)c1cccc(-c2cccs2)c1. The Hall–Kier alpha value is -2.99. The lowest BCUT2D eigenvalue weighted by molar-refractivity contribution is -0.384. The fourth-order valence-corrected chi connectivity index (χ4v) is 3.84. The first-order valence-corrected chi connectivity index (χ1v) is 10.2. The van der Waals surface area contributed by atoms with Gasteiger partial charge >= 0.3 is 5.97 Å². The van der Waals surface area contributed by atoms with Crippen LogP contribution < -0.4 is 0 Å². The number of rotatable bonds is 6. The van der Waals surface area contributed by atoms with Crippen LogP contribution in [0.4, 0.5) is 5.69 Å². The van der Waals surface area contributed by atoms with Crippen LogP contribution in [0.5, 0.6) is 0 Å². The Morgan fingerprint density at radius 2 is 1.83 bits per heavy atom. The molecule has 3 rings (SSSR count). The van der Waals surface area contributed by atoms with Gasteiger partial charge in [-0.1, -0.05) is 57.2 Å². The standard InChI is InChI=1S/C23H23NO4S/c1-23(2,3)22(18-7-4-6-17(15-18)20-8-5-13-29-20)28-21(25)14-16-9-11-19(12-10-16)24(26)27/h4-13,15,22H,14H2,1-3H3/t22-/m1/s1. The predicted octanol–water partition coefficient (Wildman–Crippen LogP) is 6.20. The van der Waals surface area contributed by atoms with Gasteiger partial charge in [-0.2, -0.15) is 0 Å². The molecule has 1 heterocycles. The van der Waals surface area contributed by atoms with Crippen molar-refractivity contribution >= 4 is 23.0 Å². The number of benzene rings is 2. The Labute approximate surface area is 174 Å². The highest BCUT2D eigenvalue weighted by Gasteiger charge is 2.30. The smallest absolute Gasteiger partial charge is 0.310 e. The molecule has 3 aromatic rings. The number of hydrogen-bond donors (Lipinski definition) is 0. The van der Waals surface area contributed by atoms with Crippen molar-refractivity contribution in [2.45, 2.75) is 33.3 Å². The first-order valence-electron chi connectivity index (χ1n) is 9.31. The maximum absolute atomic E-state index is 12.6. The summed E-state index contributed by atoms with van der Waals surface area (Å²) in [6.45, 7) is 6.11. The molecule has 0 aliphatic rings. The molecule has 0 saturated heterocycles. The van der Waals surface area contributed by atoms with Gasteiger partial charge in [0.1, 0.15) is 6.10 Å². The van der Waals surface area contributed by atoms with Gasteiger partial charge in [-0.05, 0) is 34.2 Å². The fraction of sp³-hybridized carbons (Fsp3) is 0.261. The summed E-state index contributed by atoms with van der Waals surface area (Å²) in [6, 6.07) is 18.1. The zero-order valence-electron chi connectivity index (χ0n) is 16.6. The minimum Gasteiger partial charge on any atom is -0.457 e. The van der Waals surface area contributed by atoms with Crippen molar-refractivity contribution in [3.63, 3.8) is 0 Å². The molecule has 1 atom stereocenters. The van der Waals surface area contributed by atoms with Crippen LogP contribution in [0.25, 0.3) is 10.4 Å². The molecule has 0 amide bonds. The molecule has 0 unspecified atom stereocenters. The molecule has 0 fully saturated rings. The van der Waals surface area contributed by atoms with Gasteiger partial charge in [0, 0.05) is 22.4 Å². The maximum atomic E-state index is 12.6. The molecule has 0 aliphatic carbocycles. The monoisotopic (exact) mass is 409 g/mol. The van der Waals surface area contributed by atoms with E-state index in [0.717, 1.165) is 16.0 Å². The second kappa shape index (κ2) is 8.57. The van der Waals surface area contributed by atoms with Crippen molar-refractivity contribution in [3.8, 4) is 10.4 Å². The number of thiophene rings is 1. The first-order chi connectivity index (χ1) is 13.7. The number of non-ortho nitro benzene ring substituents is 1. The van der Waals surface area contributed by atoms with Gasteiger partial charge in [-0.3, -0.25) is 14.9 Å². The van der Waals surface area contributed by atoms with E-state index in [-0.39, 0.29) is 23.5 Å². The van der Waals surface area contributed by atoms with Crippen molar-refractivity contribution < 1.29 is 14.5 Å². The third kappa shape index (κ3) is 5.29. The summed E-state index contributed by atoms with van der Waals surface area (Å²) >= 11 is 1.67. The number of ether oxygens (including phenoxy) is 1. The van der Waals surface area contributed by atoms with E-state index >= 15 is 0 Å². The summed E-state index contributed by atoms with van der Waals surface area (Å²) in [5.74, 6) is -0.361. The van der Waals surface area contributed by atoms with E-state index in [4.69, 9.17) is 4.74 Å². The van der Waals surface area contributed by atoms with Crippen LogP contribution in [0.1, 0.15) is 38.0 Å². The summed E-state index contributed by atoms with van der Waals surface area (Å²) in [5, 5.41) is 12.8. The normalized spacial score (nSPS) is 12.4. The van der Waals surface area contributed by atoms with Crippen LogP contribution in [0.2, 0.25) is 0 Å². The second-order valence-corrected chi connectivity index (χ2v) is 8.89. The Balaban J connectivity index is 1.78. The number of carbonyl (C=O) groups excluding carboxylic acids is 1. The topological polar surface area (TPSA) is 69.4 Å². The molecule has 0 saturated carbocycles. The zero-order valence-corrected chi connectivity index (χ0v) is 17.4. The summed E-state index contributed by atoms with van der Waals surface area (Å²) < 4.78 is 5.89. The highest BCUT2D eigenvalue weighted by atomic mass is 32.1. The highest BCUT2D eigenvalue weighted by Crippen LogP contribution is 2.38. The average Bonchev–Trinajstić information content (AvgIpc) is 3.20. The van der Waals surface area contributed by atoms with Crippen LogP contribution in [0.3, 0.4) is 0 Å². The number of nitro benzene ring substituents is 1. The molecular formula is C23H23NO4S. The van der Waals surface area contributed by atoms with Gasteiger partial charge in [0.05, 0.1) is 11.3 Å². The lowest BCUT2D eigenvalue weighted by Crippen LogP contribution is -2.25. The molecule has 0 N–H and O–H groups in total. The molecule has 0 aliphatic heterocycles.